The van der Waals surface area contributed by atoms with E-state index in [-0.39, 0.29) is 5.75 Å². The summed E-state index contributed by atoms with van der Waals surface area (Å²) in [6.07, 6.45) is 3.77. The van der Waals surface area contributed by atoms with Crippen molar-refractivity contribution in [3.05, 3.63) is 23.8 Å². The van der Waals surface area contributed by atoms with Crippen LogP contribution in [0.1, 0.15) is 31.7 Å². The predicted molar refractivity (Wildman–Crippen MR) is 73.3 cm³/mol. The molecule has 1 aliphatic rings. The van der Waals surface area contributed by atoms with E-state index in [1.54, 1.807) is 18.2 Å². The van der Waals surface area contributed by atoms with Crippen LogP contribution in [0.2, 0.25) is 0 Å². The lowest BCUT2D eigenvalue weighted by Gasteiger charge is -2.32. The van der Waals surface area contributed by atoms with E-state index in [2.05, 4.69) is 17.0 Å². The van der Waals surface area contributed by atoms with Crippen molar-refractivity contribution in [3.8, 4) is 11.5 Å². The number of hydrogen-bond donors (Lipinski definition) is 1. The van der Waals surface area contributed by atoms with Gasteiger partial charge in [-0.3, -0.25) is 0 Å². The average Bonchev–Trinajstić information content (AvgIpc) is 2.34. The number of methoxy groups -OCH3 is 1. The molecule has 0 saturated heterocycles. The van der Waals surface area contributed by atoms with Gasteiger partial charge < -0.3 is 14.8 Å². The Bertz CT molecular complexity index is 436. The second kappa shape index (κ2) is 6.88. The Balaban J connectivity index is 2.05. The number of ether oxygens (including phenoxy) is 2. The molecule has 2 rings (SSSR count). The molecule has 1 N–H and O–H groups in total. The van der Waals surface area contributed by atoms with Crippen molar-refractivity contribution in [2.75, 3.05) is 7.11 Å². The van der Waals surface area contributed by atoms with Crippen LogP contribution in [0.5, 0.6) is 11.5 Å². The molecule has 0 spiro atoms. The fourth-order valence-electron chi connectivity index (χ4n) is 2.46. The van der Waals surface area contributed by atoms with E-state index in [0.717, 1.165) is 0 Å². The summed E-state index contributed by atoms with van der Waals surface area (Å²) in [4.78, 5) is 0. The lowest BCUT2D eigenvalue weighted by molar-refractivity contribution is -0.0519. The van der Waals surface area contributed by atoms with Gasteiger partial charge in [-0.1, -0.05) is 18.6 Å². The number of para-hydroxylation sites is 1. The van der Waals surface area contributed by atoms with Crippen molar-refractivity contribution in [2.24, 2.45) is 5.92 Å². The molecule has 20 heavy (non-hydrogen) atoms. The van der Waals surface area contributed by atoms with Crippen LogP contribution in [0.4, 0.5) is 8.78 Å². The zero-order valence-corrected chi connectivity index (χ0v) is 11.9. The number of hydrogen-bond acceptors (Lipinski definition) is 3. The summed E-state index contributed by atoms with van der Waals surface area (Å²) in [7, 11) is 1.45. The first kappa shape index (κ1) is 15.0. The maximum atomic E-state index is 12.5. The van der Waals surface area contributed by atoms with E-state index in [1.165, 1.54) is 26.4 Å². The molecule has 1 aliphatic carbocycles. The second-order valence-corrected chi connectivity index (χ2v) is 5.19. The average molecular weight is 285 g/mol. The van der Waals surface area contributed by atoms with Crippen LogP contribution in [-0.4, -0.2) is 19.8 Å². The second-order valence-electron chi connectivity index (χ2n) is 5.19. The molecule has 1 unspecified atom stereocenters. The summed E-state index contributed by atoms with van der Waals surface area (Å²) in [5.41, 5.74) is 0.691. The zero-order valence-electron chi connectivity index (χ0n) is 11.9. The highest BCUT2D eigenvalue weighted by atomic mass is 19.3. The Morgan fingerprint density at radius 2 is 2.10 bits per heavy atom. The van der Waals surface area contributed by atoms with Gasteiger partial charge in [0.15, 0.2) is 11.5 Å². The lowest BCUT2D eigenvalue weighted by atomic mass is 9.80. The Morgan fingerprint density at radius 3 is 2.65 bits per heavy atom. The first-order chi connectivity index (χ1) is 9.61. The first-order valence-electron chi connectivity index (χ1n) is 6.96. The summed E-state index contributed by atoms with van der Waals surface area (Å²) in [5.74, 6) is 1.15. The third-order valence-corrected chi connectivity index (χ3v) is 3.96. The van der Waals surface area contributed by atoms with Gasteiger partial charge in [-0.15, -0.1) is 0 Å². The standard InChI is InChI=1S/C15H21F2NO2/c1-10(11-5-3-6-11)18-9-12-7-4-8-13(19-2)14(12)20-15(16)17/h4,7-8,10-11,15,18H,3,5-6,9H2,1-2H3. The maximum absolute atomic E-state index is 12.5. The van der Waals surface area contributed by atoms with Crippen molar-refractivity contribution < 1.29 is 18.3 Å². The largest absolute Gasteiger partial charge is 0.493 e. The van der Waals surface area contributed by atoms with Gasteiger partial charge in [0.25, 0.3) is 0 Å². The van der Waals surface area contributed by atoms with Gasteiger partial charge in [0, 0.05) is 18.2 Å². The monoisotopic (exact) mass is 285 g/mol. The predicted octanol–water partition coefficient (Wildman–Crippen LogP) is 3.57. The van der Waals surface area contributed by atoms with E-state index in [9.17, 15) is 8.78 Å². The molecule has 1 aromatic rings. The van der Waals surface area contributed by atoms with Crippen molar-refractivity contribution >= 4 is 0 Å². The molecule has 1 fully saturated rings. The minimum atomic E-state index is -2.85. The Morgan fingerprint density at radius 1 is 1.35 bits per heavy atom. The molecule has 5 heteroatoms. The van der Waals surface area contributed by atoms with Crippen LogP contribution >= 0.6 is 0 Å². The lowest BCUT2D eigenvalue weighted by Crippen LogP contribution is -2.36. The number of nitrogens with one attached hydrogen (secondary N) is 1. The molecule has 0 bridgehead atoms. The third-order valence-electron chi connectivity index (χ3n) is 3.96. The van der Waals surface area contributed by atoms with Crippen molar-refractivity contribution in [2.45, 2.75) is 45.4 Å². The van der Waals surface area contributed by atoms with E-state index >= 15 is 0 Å². The van der Waals surface area contributed by atoms with Gasteiger partial charge >= 0.3 is 6.61 Å². The summed E-state index contributed by atoms with van der Waals surface area (Å²) in [6.45, 7) is -0.219. The molecular weight excluding hydrogens is 264 g/mol. The van der Waals surface area contributed by atoms with E-state index in [0.29, 0.717) is 29.8 Å². The molecular formula is C15H21F2NO2. The third kappa shape index (κ3) is 3.60. The number of alkyl halides is 2. The van der Waals surface area contributed by atoms with Gasteiger partial charge in [0.1, 0.15) is 0 Å². The molecule has 0 aromatic heterocycles. The smallest absolute Gasteiger partial charge is 0.387 e. The maximum Gasteiger partial charge on any atom is 0.387 e. The van der Waals surface area contributed by atoms with Gasteiger partial charge in [-0.25, -0.2) is 0 Å². The van der Waals surface area contributed by atoms with Crippen LogP contribution in [0, 0.1) is 5.92 Å². The van der Waals surface area contributed by atoms with Gasteiger partial charge in [0.2, 0.25) is 0 Å². The summed E-state index contributed by atoms with van der Waals surface area (Å²) in [6, 6.07) is 5.56. The number of halogens is 2. The molecule has 0 aliphatic heterocycles. The molecule has 1 atom stereocenters. The minimum Gasteiger partial charge on any atom is -0.493 e. The van der Waals surface area contributed by atoms with E-state index in [4.69, 9.17) is 4.74 Å². The Labute approximate surface area is 118 Å². The van der Waals surface area contributed by atoms with Gasteiger partial charge in [0.05, 0.1) is 7.11 Å². The van der Waals surface area contributed by atoms with Crippen molar-refractivity contribution in [1.82, 2.24) is 5.32 Å². The SMILES string of the molecule is COc1cccc(CNC(C)C2CCC2)c1OC(F)F. The quantitative estimate of drug-likeness (QED) is 0.830. The van der Waals surface area contributed by atoms with Gasteiger partial charge in [-0.05, 0) is 31.7 Å². The van der Waals surface area contributed by atoms with Crippen LogP contribution in [-0.2, 0) is 6.54 Å². The van der Waals surface area contributed by atoms with Crippen molar-refractivity contribution in [1.29, 1.82) is 0 Å². The van der Waals surface area contributed by atoms with E-state index < -0.39 is 6.61 Å². The minimum absolute atomic E-state index is 0.123. The number of benzene rings is 1. The molecule has 1 aromatic carbocycles. The summed E-state index contributed by atoms with van der Waals surface area (Å²) >= 11 is 0. The zero-order chi connectivity index (χ0) is 14.5. The van der Waals surface area contributed by atoms with Crippen molar-refractivity contribution in [3.63, 3.8) is 0 Å². The van der Waals surface area contributed by atoms with E-state index in [1.807, 2.05) is 0 Å². The molecule has 0 heterocycles. The first-order valence-corrected chi connectivity index (χ1v) is 6.96. The Kier molecular flexibility index (Phi) is 5.17. The molecule has 0 radical (unpaired) electrons. The fourth-order valence-corrected chi connectivity index (χ4v) is 2.46. The topological polar surface area (TPSA) is 30.5 Å². The summed E-state index contributed by atoms with van der Waals surface area (Å²) in [5, 5.41) is 3.39. The highest BCUT2D eigenvalue weighted by molar-refractivity contribution is 5.46. The number of rotatable bonds is 7. The van der Waals surface area contributed by atoms with Crippen LogP contribution in [0.3, 0.4) is 0 Å². The molecule has 0 amide bonds. The molecule has 3 nitrogen and oxygen atoms in total. The van der Waals surface area contributed by atoms with Gasteiger partial charge in [-0.2, -0.15) is 8.78 Å². The van der Waals surface area contributed by atoms with Crippen LogP contribution in [0.15, 0.2) is 18.2 Å². The highest BCUT2D eigenvalue weighted by Gasteiger charge is 2.24. The Hall–Kier alpha value is -1.36. The molecule has 1 saturated carbocycles. The fraction of sp³-hybridized carbons (Fsp3) is 0.600. The van der Waals surface area contributed by atoms with Crippen LogP contribution < -0.4 is 14.8 Å². The van der Waals surface area contributed by atoms with Crippen LogP contribution in [0.25, 0.3) is 0 Å². The summed E-state index contributed by atoms with van der Waals surface area (Å²) < 4.78 is 34.7. The molecule has 112 valence electrons. The normalized spacial score (nSPS) is 16.9. The highest BCUT2D eigenvalue weighted by Crippen LogP contribution is 2.33.